The molecule has 0 amide bonds. The van der Waals surface area contributed by atoms with Crippen LogP contribution in [0.1, 0.15) is 59.8 Å². The lowest BCUT2D eigenvalue weighted by atomic mass is 10.5. The molecule has 0 saturated carbocycles. The SMILES string of the molecule is CCCO[SiH](CCC[SiH](OCCC)OCCC)OCCC. The fraction of sp³-hybridized carbons (Fsp3) is 1.00. The van der Waals surface area contributed by atoms with E-state index < -0.39 is 18.6 Å². The van der Waals surface area contributed by atoms with Crippen molar-refractivity contribution in [2.45, 2.75) is 71.9 Å². The van der Waals surface area contributed by atoms with Gasteiger partial charge < -0.3 is 17.7 Å². The Morgan fingerprint density at radius 3 is 1.05 bits per heavy atom. The van der Waals surface area contributed by atoms with Crippen LogP contribution in [0.4, 0.5) is 0 Å². The minimum absolute atomic E-state index is 0.833. The van der Waals surface area contributed by atoms with Crippen LogP contribution in [0.25, 0.3) is 0 Å². The summed E-state index contributed by atoms with van der Waals surface area (Å²) >= 11 is 0. The zero-order valence-corrected chi connectivity index (χ0v) is 16.9. The van der Waals surface area contributed by atoms with Crippen molar-refractivity contribution in [3.05, 3.63) is 0 Å². The van der Waals surface area contributed by atoms with Crippen LogP contribution in [-0.2, 0) is 17.7 Å². The summed E-state index contributed by atoms with van der Waals surface area (Å²) in [6.07, 6.45) is 5.38. The Hall–Kier alpha value is 0.274. The van der Waals surface area contributed by atoms with E-state index in [0.29, 0.717) is 0 Å². The van der Waals surface area contributed by atoms with Gasteiger partial charge in [-0.3, -0.25) is 0 Å². The lowest BCUT2D eigenvalue weighted by Crippen LogP contribution is -2.27. The Bertz CT molecular complexity index is 172. The highest BCUT2D eigenvalue weighted by molar-refractivity contribution is 6.46. The third-order valence-corrected chi connectivity index (χ3v) is 7.10. The van der Waals surface area contributed by atoms with E-state index in [9.17, 15) is 0 Å². The van der Waals surface area contributed by atoms with Crippen LogP contribution >= 0.6 is 0 Å². The van der Waals surface area contributed by atoms with Crippen molar-refractivity contribution in [3.63, 3.8) is 0 Å². The van der Waals surface area contributed by atoms with Crippen LogP contribution in [0.15, 0.2) is 0 Å². The molecule has 0 spiro atoms. The van der Waals surface area contributed by atoms with E-state index in [1.54, 1.807) is 0 Å². The molecule has 0 aliphatic rings. The van der Waals surface area contributed by atoms with Gasteiger partial charge in [0.1, 0.15) is 0 Å². The molecule has 0 saturated heterocycles. The lowest BCUT2D eigenvalue weighted by Gasteiger charge is -2.19. The first-order valence-corrected chi connectivity index (χ1v) is 12.3. The van der Waals surface area contributed by atoms with Crippen molar-refractivity contribution in [1.29, 1.82) is 0 Å². The van der Waals surface area contributed by atoms with Gasteiger partial charge in [0.05, 0.1) is 0 Å². The molecule has 0 fully saturated rings. The molecule has 0 unspecified atom stereocenters. The zero-order valence-electron chi connectivity index (χ0n) is 14.6. The van der Waals surface area contributed by atoms with E-state index in [4.69, 9.17) is 17.7 Å². The minimum Gasteiger partial charge on any atom is -0.397 e. The summed E-state index contributed by atoms with van der Waals surface area (Å²) < 4.78 is 23.6. The summed E-state index contributed by atoms with van der Waals surface area (Å²) in [6, 6.07) is 2.16. The average molecular weight is 337 g/mol. The van der Waals surface area contributed by atoms with Gasteiger partial charge in [0, 0.05) is 26.4 Å². The maximum atomic E-state index is 5.89. The fourth-order valence-corrected chi connectivity index (χ4v) is 6.34. The van der Waals surface area contributed by atoms with Crippen molar-refractivity contribution in [3.8, 4) is 0 Å². The predicted octanol–water partition coefficient (Wildman–Crippen LogP) is 3.52. The van der Waals surface area contributed by atoms with Gasteiger partial charge in [0.2, 0.25) is 0 Å². The molecule has 0 aromatic heterocycles. The highest BCUT2D eigenvalue weighted by Crippen LogP contribution is 2.11. The van der Waals surface area contributed by atoms with Gasteiger partial charge in [0.15, 0.2) is 0 Å². The molecule has 0 aliphatic carbocycles. The van der Waals surface area contributed by atoms with Gasteiger partial charge in [0.25, 0.3) is 0 Å². The van der Waals surface area contributed by atoms with Gasteiger partial charge in [-0.1, -0.05) is 27.7 Å². The van der Waals surface area contributed by atoms with Crippen LogP contribution in [0.2, 0.25) is 12.1 Å². The zero-order chi connectivity index (χ0) is 15.8. The van der Waals surface area contributed by atoms with Crippen molar-refractivity contribution in [2.75, 3.05) is 26.4 Å². The first-order chi connectivity index (χ1) is 10.3. The summed E-state index contributed by atoms with van der Waals surface area (Å²) in [5.74, 6) is 0. The Labute approximate surface area is 135 Å². The molecule has 4 nitrogen and oxygen atoms in total. The maximum absolute atomic E-state index is 5.89. The van der Waals surface area contributed by atoms with E-state index in [0.717, 1.165) is 70.6 Å². The Balaban J connectivity index is 3.96. The molecule has 0 N–H and O–H groups in total. The lowest BCUT2D eigenvalue weighted by molar-refractivity contribution is 0.191. The van der Waals surface area contributed by atoms with Gasteiger partial charge in [-0.25, -0.2) is 0 Å². The number of hydrogen-bond donors (Lipinski definition) is 0. The molecular formula is C15H36O4Si2. The van der Waals surface area contributed by atoms with Crippen molar-refractivity contribution in [1.82, 2.24) is 0 Å². The Morgan fingerprint density at radius 1 is 0.524 bits per heavy atom. The van der Waals surface area contributed by atoms with E-state index in [2.05, 4.69) is 27.7 Å². The van der Waals surface area contributed by atoms with E-state index in [1.165, 1.54) is 0 Å². The highest BCUT2D eigenvalue weighted by Gasteiger charge is 2.17. The topological polar surface area (TPSA) is 36.9 Å². The van der Waals surface area contributed by atoms with E-state index in [-0.39, 0.29) is 0 Å². The average Bonchev–Trinajstić information content (AvgIpc) is 2.51. The summed E-state index contributed by atoms with van der Waals surface area (Å²) in [6.45, 7) is 11.9. The quantitative estimate of drug-likeness (QED) is 0.404. The molecule has 0 radical (unpaired) electrons. The normalized spacial score (nSPS) is 11.7. The number of hydrogen-bond acceptors (Lipinski definition) is 4. The first-order valence-electron chi connectivity index (χ1n) is 8.74. The molecule has 0 aromatic rings. The van der Waals surface area contributed by atoms with Gasteiger partial charge in [-0.2, -0.15) is 0 Å². The van der Waals surface area contributed by atoms with E-state index in [1.807, 2.05) is 0 Å². The predicted molar refractivity (Wildman–Crippen MR) is 93.5 cm³/mol. The molecule has 21 heavy (non-hydrogen) atoms. The van der Waals surface area contributed by atoms with Crippen LogP contribution < -0.4 is 0 Å². The standard InChI is InChI=1S/C15H36O4Si2/c1-5-10-16-20(17-11-6-2)14-9-15-21(18-12-7-3)19-13-8-4/h20-21H,5-15H2,1-4H3. The van der Waals surface area contributed by atoms with Crippen LogP contribution in [0, 0.1) is 0 Å². The maximum Gasteiger partial charge on any atom is 0.321 e. The van der Waals surface area contributed by atoms with Gasteiger partial charge in [-0.05, 0) is 44.2 Å². The van der Waals surface area contributed by atoms with Crippen LogP contribution in [-0.4, -0.2) is 45.0 Å². The Morgan fingerprint density at radius 2 is 0.810 bits per heavy atom. The molecule has 0 bridgehead atoms. The van der Waals surface area contributed by atoms with Crippen molar-refractivity contribution < 1.29 is 17.7 Å². The summed E-state index contributed by atoms with van der Waals surface area (Å²) in [7, 11) is -2.94. The second kappa shape index (κ2) is 16.6. The molecule has 0 heterocycles. The minimum atomic E-state index is -1.47. The molecule has 6 heteroatoms. The molecule has 128 valence electrons. The summed E-state index contributed by atoms with van der Waals surface area (Å²) in [4.78, 5) is 0. The highest BCUT2D eigenvalue weighted by atomic mass is 28.3. The van der Waals surface area contributed by atoms with Gasteiger partial charge >= 0.3 is 18.6 Å². The third kappa shape index (κ3) is 13.6. The fourth-order valence-electron chi connectivity index (χ4n) is 1.88. The van der Waals surface area contributed by atoms with Crippen molar-refractivity contribution in [2.24, 2.45) is 0 Å². The second-order valence-corrected chi connectivity index (χ2v) is 9.48. The molecule has 0 aromatic carbocycles. The monoisotopic (exact) mass is 336 g/mol. The second-order valence-electron chi connectivity index (χ2n) is 5.27. The molecule has 0 atom stereocenters. The Kier molecular flexibility index (Phi) is 16.9. The first kappa shape index (κ1) is 21.3. The third-order valence-electron chi connectivity index (χ3n) is 2.91. The van der Waals surface area contributed by atoms with Crippen molar-refractivity contribution >= 4 is 18.6 Å². The molecular weight excluding hydrogens is 300 g/mol. The largest absolute Gasteiger partial charge is 0.397 e. The van der Waals surface area contributed by atoms with Crippen LogP contribution in [0.5, 0.6) is 0 Å². The molecule has 0 rings (SSSR count). The molecule has 0 aliphatic heterocycles. The van der Waals surface area contributed by atoms with E-state index >= 15 is 0 Å². The van der Waals surface area contributed by atoms with Crippen LogP contribution in [0.3, 0.4) is 0 Å². The number of rotatable bonds is 16. The van der Waals surface area contributed by atoms with Gasteiger partial charge in [-0.15, -0.1) is 0 Å². The summed E-state index contributed by atoms with van der Waals surface area (Å²) in [5, 5.41) is 0. The smallest absolute Gasteiger partial charge is 0.321 e. The summed E-state index contributed by atoms with van der Waals surface area (Å²) in [5.41, 5.74) is 0.